The first-order valence-corrected chi connectivity index (χ1v) is 8.83. The number of thiocarbonyl (C=S) groups is 1. The molecule has 4 heteroatoms. The van der Waals surface area contributed by atoms with Crippen LogP contribution in [0.25, 0.3) is 0 Å². The van der Waals surface area contributed by atoms with E-state index in [1.807, 2.05) is 11.8 Å². The molecule has 110 valence electrons. The second kappa shape index (κ2) is 7.32. The lowest BCUT2D eigenvalue weighted by molar-refractivity contribution is 0.427. The third kappa shape index (κ3) is 3.47. The molecule has 2 N–H and O–H groups in total. The maximum Gasteiger partial charge on any atom is 0.107 e. The van der Waals surface area contributed by atoms with E-state index in [9.17, 15) is 0 Å². The summed E-state index contributed by atoms with van der Waals surface area (Å²) in [6.45, 7) is 2.16. The molecule has 1 aliphatic rings. The van der Waals surface area contributed by atoms with E-state index in [-0.39, 0.29) is 0 Å². The van der Waals surface area contributed by atoms with Gasteiger partial charge < -0.3 is 10.6 Å². The minimum Gasteiger partial charge on any atom is -0.389 e. The van der Waals surface area contributed by atoms with Crippen LogP contribution in [0, 0.1) is 0 Å². The van der Waals surface area contributed by atoms with Gasteiger partial charge in [0.25, 0.3) is 0 Å². The van der Waals surface area contributed by atoms with Crippen molar-refractivity contribution in [1.82, 2.24) is 0 Å². The van der Waals surface area contributed by atoms with Crippen molar-refractivity contribution in [3.05, 3.63) is 23.8 Å². The Morgan fingerprint density at radius 1 is 1.35 bits per heavy atom. The van der Waals surface area contributed by atoms with Crippen LogP contribution in [0.3, 0.4) is 0 Å². The lowest BCUT2D eigenvalue weighted by Gasteiger charge is -2.34. The van der Waals surface area contributed by atoms with Gasteiger partial charge in [-0.05, 0) is 30.7 Å². The Morgan fingerprint density at radius 2 is 2.05 bits per heavy atom. The maximum atomic E-state index is 6.00. The normalized spacial score (nSPS) is 16.1. The monoisotopic (exact) mass is 308 g/mol. The van der Waals surface area contributed by atoms with Crippen LogP contribution in [-0.2, 0) is 0 Å². The number of hydrogen-bond acceptors (Lipinski definition) is 3. The second-order valence-electron chi connectivity index (χ2n) is 5.35. The smallest absolute Gasteiger partial charge is 0.107 e. The van der Waals surface area contributed by atoms with Gasteiger partial charge >= 0.3 is 0 Å². The molecule has 0 amide bonds. The quantitative estimate of drug-likeness (QED) is 0.652. The van der Waals surface area contributed by atoms with Crippen molar-refractivity contribution in [1.29, 1.82) is 0 Å². The molecule has 2 nitrogen and oxygen atoms in total. The highest BCUT2D eigenvalue weighted by atomic mass is 32.2. The van der Waals surface area contributed by atoms with Gasteiger partial charge in [0, 0.05) is 29.2 Å². The number of benzene rings is 1. The highest BCUT2D eigenvalue weighted by Crippen LogP contribution is 2.33. The average molecular weight is 309 g/mol. The Morgan fingerprint density at radius 3 is 2.65 bits per heavy atom. The molecule has 0 spiro atoms. The zero-order chi connectivity index (χ0) is 14.5. The minimum absolute atomic E-state index is 0.513. The summed E-state index contributed by atoms with van der Waals surface area (Å²) in [5.41, 5.74) is 8.26. The number of anilines is 1. The topological polar surface area (TPSA) is 29.3 Å². The first kappa shape index (κ1) is 15.6. The van der Waals surface area contributed by atoms with Crippen molar-refractivity contribution >= 4 is 34.7 Å². The van der Waals surface area contributed by atoms with Gasteiger partial charge in [-0.25, -0.2) is 0 Å². The molecule has 0 aromatic heterocycles. The molecule has 0 atom stereocenters. The first-order valence-electron chi connectivity index (χ1n) is 7.43. The van der Waals surface area contributed by atoms with E-state index in [1.165, 1.54) is 42.7 Å². The molecular formula is C16H24N2S2. The molecule has 1 aliphatic carbocycles. The van der Waals surface area contributed by atoms with Crippen molar-refractivity contribution in [2.75, 3.05) is 17.7 Å². The molecule has 0 heterocycles. The van der Waals surface area contributed by atoms with Crippen LogP contribution in [0.2, 0.25) is 0 Å². The van der Waals surface area contributed by atoms with E-state index < -0.39 is 0 Å². The fraction of sp³-hybridized carbons (Fsp3) is 0.562. The van der Waals surface area contributed by atoms with Crippen LogP contribution in [0.4, 0.5) is 5.69 Å². The number of rotatable bonds is 5. The summed E-state index contributed by atoms with van der Waals surface area (Å²) in [5, 5.41) is 0. The Kier molecular flexibility index (Phi) is 5.73. The molecular weight excluding hydrogens is 284 g/mol. The van der Waals surface area contributed by atoms with Crippen LogP contribution in [0.5, 0.6) is 0 Å². The van der Waals surface area contributed by atoms with Gasteiger partial charge in [-0.2, -0.15) is 0 Å². The summed E-state index contributed by atoms with van der Waals surface area (Å²) in [6, 6.07) is 7.02. The number of hydrogen-bond donors (Lipinski definition) is 1. The van der Waals surface area contributed by atoms with Gasteiger partial charge in [-0.3, -0.25) is 0 Å². The van der Waals surface area contributed by atoms with Gasteiger partial charge in [-0.1, -0.05) is 44.5 Å². The summed E-state index contributed by atoms with van der Waals surface area (Å²) < 4.78 is 0. The third-order valence-electron chi connectivity index (χ3n) is 4.05. The molecule has 0 aliphatic heterocycles. The molecule has 2 rings (SSSR count). The van der Waals surface area contributed by atoms with Gasteiger partial charge in [0.1, 0.15) is 4.99 Å². The van der Waals surface area contributed by atoms with E-state index in [0.717, 1.165) is 11.3 Å². The number of nitrogens with two attached hydrogens (primary N) is 1. The molecule has 1 saturated carbocycles. The van der Waals surface area contributed by atoms with Crippen LogP contribution in [-0.4, -0.2) is 23.8 Å². The highest BCUT2D eigenvalue weighted by Gasteiger charge is 2.22. The van der Waals surface area contributed by atoms with Crippen molar-refractivity contribution in [3.63, 3.8) is 0 Å². The van der Waals surface area contributed by atoms with Crippen molar-refractivity contribution in [2.24, 2.45) is 5.73 Å². The van der Waals surface area contributed by atoms with Gasteiger partial charge in [0.05, 0.1) is 0 Å². The van der Waals surface area contributed by atoms with Crippen molar-refractivity contribution in [3.8, 4) is 0 Å². The van der Waals surface area contributed by atoms with E-state index in [0.29, 0.717) is 11.0 Å². The summed E-state index contributed by atoms with van der Waals surface area (Å²) >= 11 is 7.12. The van der Waals surface area contributed by atoms with Crippen LogP contribution >= 0.6 is 24.0 Å². The zero-order valence-electron chi connectivity index (χ0n) is 12.4. The van der Waals surface area contributed by atoms with Crippen LogP contribution in [0.15, 0.2) is 23.1 Å². The number of thioether (sulfide) groups is 1. The molecule has 1 fully saturated rings. The first-order chi connectivity index (χ1) is 9.65. The molecule has 20 heavy (non-hydrogen) atoms. The van der Waals surface area contributed by atoms with Gasteiger partial charge in [0.15, 0.2) is 0 Å². The van der Waals surface area contributed by atoms with Gasteiger partial charge in [-0.15, -0.1) is 11.8 Å². The summed E-state index contributed by atoms with van der Waals surface area (Å²) in [7, 11) is 2.19. The van der Waals surface area contributed by atoms with Crippen LogP contribution < -0.4 is 10.6 Å². The fourth-order valence-corrected chi connectivity index (χ4v) is 4.13. The SMILES string of the molecule is CCSc1cccc(N(C)C2CCCCC2)c1C(N)=S. The van der Waals surface area contributed by atoms with Crippen LogP contribution in [0.1, 0.15) is 44.6 Å². The number of nitrogens with zero attached hydrogens (tertiary/aromatic N) is 1. The second-order valence-corrected chi connectivity index (χ2v) is 7.10. The molecule has 0 saturated heterocycles. The van der Waals surface area contributed by atoms with E-state index in [1.54, 1.807) is 0 Å². The van der Waals surface area contributed by atoms with Crippen molar-refractivity contribution in [2.45, 2.75) is 50.0 Å². The maximum absolute atomic E-state index is 6.00. The Hall–Kier alpha value is -0.740. The Balaban J connectivity index is 2.33. The highest BCUT2D eigenvalue weighted by molar-refractivity contribution is 7.99. The Labute approximate surface area is 132 Å². The molecule has 0 unspecified atom stereocenters. The molecule has 1 aromatic carbocycles. The third-order valence-corrected chi connectivity index (χ3v) is 5.20. The largest absolute Gasteiger partial charge is 0.389 e. The van der Waals surface area contributed by atoms with E-state index in [2.05, 4.69) is 37.1 Å². The van der Waals surface area contributed by atoms with E-state index in [4.69, 9.17) is 18.0 Å². The lowest BCUT2D eigenvalue weighted by Crippen LogP contribution is -2.34. The summed E-state index contributed by atoms with van der Waals surface area (Å²) in [6.07, 6.45) is 6.59. The molecule has 1 aromatic rings. The Bertz CT molecular complexity index is 468. The lowest BCUT2D eigenvalue weighted by atomic mass is 9.94. The van der Waals surface area contributed by atoms with Gasteiger partial charge in [0.2, 0.25) is 0 Å². The molecule has 0 radical (unpaired) electrons. The molecule has 0 bridgehead atoms. The van der Waals surface area contributed by atoms with E-state index >= 15 is 0 Å². The van der Waals surface area contributed by atoms with Crippen molar-refractivity contribution < 1.29 is 0 Å². The minimum atomic E-state index is 0.513. The predicted octanol–water partition coefficient (Wildman–Crippen LogP) is 4.20. The average Bonchev–Trinajstić information content (AvgIpc) is 2.47. The fourth-order valence-electron chi connectivity index (χ4n) is 3.00. The summed E-state index contributed by atoms with van der Waals surface area (Å²) in [4.78, 5) is 4.12. The predicted molar refractivity (Wildman–Crippen MR) is 94.0 cm³/mol. The standard InChI is InChI=1S/C16H24N2S2/c1-3-20-14-11-7-10-13(15(14)16(17)19)18(2)12-8-5-4-6-9-12/h7,10-12H,3-6,8-9H2,1-2H3,(H2,17,19). The zero-order valence-corrected chi connectivity index (χ0v) is 14.0. The summed E-state index contributed by atoms with van der Waals surface area (Å²) in [5.74, 6) is 1.03.